The van der Waals surface area contributed by atoms with Gasteiger partial charge in [-0.2, -0.15) is 0 Å². The molecule has 1 aliphatic heterocycles. The molecule has 6 aromatic carbocycles. The summed E-state index contributed by atoms with van der Waals surface area (Å²) in [6.45, 7) is 3.03. The summed E-state index contributed by atoms with van der Waals surface area (Å²) < 4.78 is 0. The molecular weight excluding hydrogens is 520 g/mol. The Labute approximate surface area is 251 Å². The Balaban J connectivity index is 1.30. The second kappa shape index (κ2) is 10.4. The molecule has 0 bridgehead atoms. The van der Waals surface area contributed by atoms with Gasteiger partial charge in [-0.05, 0) is 85.8 Å². The van der Waals surface area contributed by atoms with Crippen LogP contribution in [0.1, 0.15) is 12.6 Å². The number of rotatable bonds is 4. The lowest BCUT2D eigenvalue weighted by Crippen LogP contribution is -2.13. The van der Waals surface area contributed by atoms with E-state index in [0.29, 0.717) is 0 Å². The van der Waals surface area contributed by atoms with E-state index in [1.807, 2.05) is 0 Å². The van der Waals surface area contributed by atoms with E-state index >= 15 is 0 Å². The summed E-state index contributed by atoms with van der Waals surface area (Å²) in [5.41, 5.74) is 10.5. The van der Waals surface area contributed by atoms with Crippen molar-refractivity contribution in [2.45, 2.75) is 6.92 Å². The Bertz CT molecular complexity index is 2180. The van der Waals surface area contributed by atoms with Gasteiger partial charge in [0, 0.05) is 23.9 Å². The molecule has 1 aromatic heterocycles. The summed E-state index contributed by atoms with van der Waals surface area (Å²) in [6, 6.07) is 48.3. The molecule has 2 heterocycles. The van der Waals surface area contributed by atoms with E-state index in [9.17, 15) is 0 Å². The van der Waals surface area contributed by atoms with Gasteiger partial charge >= 0.3 is 0 Å². The van der Waals surface area contributed by atoms with Crippen LogP contribution in [0.2, 0.25) is 0 Å². The van der Waals surface area contributed by atoms with Gasteiger partial charge in [0.05, 0.1) is 11.4 Å². The number of nitrogens with one attached hydrogen (secondary N) is 1. The van der Waals surface area contributed by atoms with Crippen molar-refractivity contribution in [3.05, 3.63) is 157 Å². The molecule has 1 N–H and O–H groups in total. The maximum absolute atomic E-state index is 5.06. The van der Waals surface area contributed by atoms with Gasteiger partial charge in [0.25, 0.3) is 0 Å². The van der Waals surface area contributed by atoms with Crippen molar-refractivity contribution in [3.8, 4) is 33.5 Å². The van der Waals surface area contributed by atoms with Crippen molar-refractivity contribution < 1.29 is 0 Å². The molecule has 7 aromatic rings. The molecule has 2 heteroatoms. The minimum absolute atomic E-state index is 0.885. The van der Waals surface area contributed by atoms with Crippen LogP contribution in [0.25, 0.3) is 71.4 Å². The van der Waals surface area contributed by atoms with E-state index < -0.39 is 0 Å². The van der Waals surface area contributed by atoms with Crippen molar-refractivity contribution in [1.82, 2.24) is 10.3 Å². The molecule has 0 atom stereocenters. The lowest BCUT2D eigenvalue weighted by molar-refractivity contribution is 0.923. The summed E-state index contributed by atoms with van der Waals surface area (Å²) in [4.78, 5) is 5.06. The number of allylic oxidation sites excluding steroid dienone is 2. The standard InChI is InChI=1S/C41H30N2/c1-27-22-33(26-42-25-27)39-17-9-16-38(43-39)30-20-18-28-19-21-31(24-32(28)23-30)41-36-14-7-5-12-34(36)40(29-10-3-2-4-11-29)35-13-6-8-15-37(35)41/h2-24,26,42H,25H2,1H3. The molecule has 0 spiro atoms. The van der Waals surface area contributed by atoms with Crippen molar-refractivity contribution in [3.63, 3.8) is 0 Å². The topological polar surface area (TPSA) is 24.9 Å². The van der Waals surface area contributed by atoms with Gasteiger partial charge in [0.2, 0.25) is 0 Å². The Morgan fingerprint density at radius 1 is 0.512 bits per heavy atom. The number of benzene rings is 6. The predicted octanol–water partition coefficient (Wildman–Crippen LogP) is 10.4. The molecular formula is C41H30N2. The monoisotopic (exact) mass is 550 g/mol. The molecule has 0 fully saturated rings. The Morgan fingerprint density at radius 2 is 1.09 bits per heavy atom. The second-order valence-electron chi connectivity index (χ2n) is 11.4. The molecule has 8 rings (SSSR count). The van der Waals surface area contributed by atoms with E-state index in [2.05, 4.69) is 158 Å². The highest BCUT2D eigenvalue weighted by Crippen LogP contribution is 2.44. The van der Waals surface area contributed by atoms with Crippen molar-refractivity contribution >= 4 is 37.9 Å². The van der Waals surface area contributed by atoms with Gasteiger partial charge in [-0.25, -0.2) is 4.98 Å². The van der Waals surface area contributed by atoms with Crippen LogP contribution in [0, 0.1) is 0 Å². The van der Waals surface area contributed by atoms with Gasteiger partial charge in [-0.3, -0.25) is 0 Å². The van der Waals surface area contributed by atoms with Gasteiger partial charge in [0.15, 0.2) is 0 Å². The largest absolute Gasteiger partial charge is 0.387 e. The van der Waals surface area contributed by atoms with E-state index in [-0.39, 0.29) is 0 Å². The minimum atomic E-state index is 0.885. The third-order valence-corrected chi connectivity index (χ3v) is 8.50. The molecule has 43 heavy (non-hydrogen) atoms. The molecule has 0 amide bonds. The van der Waals surface area contributed by atoms with Crippen LogP contribution in [0.3, 0.4) is 0 Å². The summed E-state index contributed by atoms with van der Waals surface area (Å²) in [6.07, 6.45) is 4.27. The average molecular weight is 551 g/mol. The zero-order valence-corrected chi connectivity index (χ0v) is 24.0. The fraction of sp³-hybridized carbons (Fsp3) is 0.0488. The Kier molecular flexibility index (Phi) is 6.12. The lowest BCUT2D eigenvalue weighted by Gasteiger charge is -2.18. The number of pyridine rings is 1. The maximum atomic E-state index is 5.06. The highest BCUT2D eigenvalue weighted by molar-refractivity contribution is 6.21. The smallest absolute Gasteiger partial charge is 0.0724 e. The third-order valence-electron chi connectivity index (χ3n) is 8.50. The molecule has 0 saturated heterocycles. The highest BCUT2D eigenvalue weighted by Gasteiger charge is 2.17. The number of nitrogens with zero attached hydrogens (tertiary/aromatic N) is 1. The van der Waals surface area contributed by atoms with Gasteiger partial charge in [0.1, 0.15) is 0 Å². The fourth-order valence-electron chi connectivity index (χ4n) is 6.50. The molecule has 1 aliphatic rings. The zero-order chi connectivity index (χ0) is 28.8. The van der Waals surface area contributed by atoms with E-state index in [1.165, 1.54) is 60.1 Å². The van der Waals surface area contributed by atoms with Crippen LogP contribution < -0.4 is 5.32 Å². The van der Waals surface area contributed by atoms with E-state index in [1.54, 1.807) is 0 Å². The van der Waals surface area contributed by atoms with Crippen molar-refractivity contribution in [2.24, 2.45) is 0 Å². The van der Waals surface area contributed by atoms with Crippen LogP contribution in [0.15, 0.2) is 151 Å². The summed E-state index contributed by atoms with van der Waals surface area (Å²) in [7, 11) is 0. The summed E-state index contributed by atoms with van der Waals surface area (Å²) >= 11 is 0. The van der Waals surface area contributed by atoms with Crippen molar-refractivity contribution in [2.75, 3.05) is 6.54 Å². The number of dihydropyridines is 1. The predicted molar refractivity (Wildman–Crippen MR) is 183 cm³/mol. The summed E-state index contributed by atoms with van der Waals surface area (Å²) in [5.74, 6) is 0. The van der Waals surface area contributed by atoms with E-state index in [0.717, 1.165) is 29.1 Å². The molecule has 0 unspecified atom stereocenters. The first-order chi connectivity index (χ1) is 21.2. The van der Waals surface area contributed by atoms with Crippen LogP contribution >= 0.6 is 0 Å². The molecule has 2 nitrogen and oxygen atoms in total. The van der Waals surface area contributed by atoms with Gasteiger partial charge in [-0.1, -0.05) is 121 Å². The normalized spacial score (nSPS) is 13.1. The first-order valence-corrected chi connectivity index (χ1v) is 14.8. The van der Waals surface area contributed by atoms with Gasteiger partial charge < -0.3 is 5.32 Å². The quantitative estimate of drug-likeness (QED) is 0.221. The average Bonchev–Trinajstić information content (AvgIpc) is 3.07. The summed E-state index contributed by atoms with van der Waals surface area (Å²) in [5, 5.41) is 10.9. The number of fused-ring (bicyclic) bond motifs is 3. The van der Waals surface area contributed by atoms with Crippen molar-refractivity contribution in [1.29, 1.82) is 0 Å². The maximum Gasteiger partial charge on any atom is 0.0724 e. The van der Waals surface area contributed by atoms with Crippen LogP contribution in [-0.4, -0.2) is 11.5 Å². The fourth-order valence-corrected chi connectivity index (χ4v) is 6.50. The SMILES string of the molecule is CC1=CC(c2cccc(-c3ccc4ccc(-c5c6ccccc6c(-c6ccccc6)c6ccccc56)cc4c3)n2)=CNC1. The van der Waals surface area contributed by atoms with Gasteiger partial charge in [-0.15, -0.1) is 0 Å². The van der Waals surface area contributed by atoms with Crippen LogP contribution in [0.5, 0.6) is 0 Å². The number of aromatic nitrogens is 1. The first-order valence-electron chi connectivity index (χ1n) is 14.8. The first kappa shape index (κ1) is 25.3. The molecule has 0 radical (unpaired) electrons. The zero-order valence-electron chi connectivity index (χ0n) is 24.0. The third kappa shape index (κ3) is 4.49. The number of hydrogen-bond donors (Lipinski definition) is 1. The Morgan fingerprint density at radius 3 is 1.77 bits per heavy atom. The second-order valence-corrected chi connectivity index (χ2v) is 11.4. The molecule has 0 saturated carbocycles. The number of hydrogen-bond acceptors (Lipinski definition) is 2. The van der Waals surface area contributed by atoms with E-state index in [4.69, 9.17) is 4.98 Å². The van der Waals surface area contributed by atoms with Crippen LogP contribution in [-0.2, 0) is 0 Å². The van der Waals surface area contributed by atoms with Crippen LogP contribution in [0.4, 0.5) is 0 Å². The highest BCUT2D eigenvalue weighted by atomic mass is 14.8. The molecule has 0 aliphatic carbocycles. The Hall–Kier alpha value is -5.47. The molecule has 204 valence electrons. The minimum Gasteiger partial charge on any atom is -0.387 e. The lowest BCUT2D eigenvalue weighted by atomic mass is 9.85.